The Morgan fingerprint density at radius 3 is 2.52 bits per heavy atom. The summed E-state index contributed by atoms with van der Waals surface area (Å²) in [6.07, 6.45) is 0. The van der Waals surface area contributed by atoms with Gasteiger partial charge in [-0.3, -0.25) is 14.2 Å². The lowest BCUT2D eigenvalue weighted by Crippen LogP contribution is -2.26. The van der Waals surface area contributed by atoms with Gasteiger partial charge < -0.3 is 9.73 Å². The van der Waals surface area contributed by atoms with E-state index >= 15 is 0 Å². The van der Waals surface area contributed by atoms with Gasteiger partial charge in [-0.1, -0.05) is 71.9 Å². The van der Waals surface area contributed by atoms with Gasteiger partial charge in [0.05, 0.1) is 11.4 Å². The Labute approximate surface area is 194 Å². The molecule has 0 bridgehead atoms. The van der Waals surface area contributed by atoms with Crippen LogP contribution in [0.4, 0.5) is 0 Å². The first-order valence-corrected chi connectivity index (χ1v) is 11.5. The largest absolute Gasteiger partial charge is 0.448 e. The van der Waals surface area contributed by atoms with Gasteiger partial charge in [0.25, 0.3) is 0 Å². The minimum atomic E-state index is -0.299. The monoisotopic (exact) mass is 455 g/mol. The predicted molar refractivity (Wildman–Crippen MR) is 131 cm³/mol. The number of nitrogens with one attached hydrogen (secondary N) is 1. The first-order chi connectivity index (χ1) is 16.1. The summed E-state index contributed by atoms with van der Waals surface area (Å²) in [4.78, 5) is 30.8. The maximum absolute atomic E-state index is 13.5. The third-order valence-corrected chi connectivity index (χ3v) is 6.26. The van der Waals surface area contributed by atoms with E-state index in [2.05, 4.69) is 5.32 Å². The minimum absolute atomic E-state index is 0.131. The number of para-hydroxylation sites is 1. The third kappa shape index (κ3) is 4.27. The molecule has 0 spiro atoms. The van der Waals surface area contributed by atoms with E-state index in [0.717, 1.165) is 16.5 Å². The molecule has 164 valence electrons. The molecule has 7 heteroatoms. The Morgan fingerprint density at radius 2 is 1.73 bits per heavy atom. The highest BCUT2D eigenvalue weighted by Crippen LogP contribution is 2.28. The molecule has 0 fully saturated rings. The van der Waals surface area contributed by atoms with Crippen LogP contribution < -0.4 is 10.9 Å². The number of aryl methyl sites for hydroxylation is 1. The molecular formula is C26H21N3O3S. The average molecular weight is 456 g/mol. The van der Waals surface area contributed by atoms with Crippen LogP contribution in [0.1, 0.15) is 11.1 Å². The van der Waals surface area contributed by atoms with Crippen molar-refractivity contribution in [3.05, 3.63) is 100 Å². The Bertz CT molecular complexity index is 1510. The zero-order valence-corrected chi connectivity index (χ0v) is 18.8. The van der Waals surface area contributed by atoms with E-state index in [1.807, 2.05) is 85.8 Å². The number of hydrogen-bond donors (Lipinski definition) is 1. The van der Waals surface area contributed by atoms with E-state index in [9.17, 15) is 9.59 Å². The van der Waals surface area contributed by atoms with Crippen LogP contribution in [0.5, 0.6) is 0 Å². The van der Waals surface area contributed by atoms with Gasteiger partial charge in [0, 0.05) is 11.9 Å². The van der Waals surface area contributed by atoms with Crippen molar-refractivity contribution in [1.82, 2.24) is 14.9 Å². The van der Waals surface area contributed by atoms with Gasteiger partial charge in [-0.15, -0.1) is 0 Å². The number of furan rings is 1. The number of aromatic nitrogens is 2. The van der Waals surface area contributed by atoms with E-state index < -0.39 is 0 Å². The minimum Gasteiger partial charge on any atom is -0.448 e. The summed E-state index contributed by atoms with van der Waals surface area (Å²) in [5.41, 5.74) is 3.80. The molecule has 0 aliphatic rings. The molecule has 1 amide bonds. The van der Waals surface area contributed by atoms with Gasteiger partial charge in [0.2, 0.25) is 11.5 Å². The zero-order chi connectivity index (χ0) is 22.8. The Balaban J connectivity index is 1.51. The standard InChI is InChI=1S/C26H21N3O3S/c1-17-11-13-19(14-12-17)29-25(31)24-23(20-9-5-6-10-21(20)32-24)28-26(29)33-16-22(30)27-15-18-7-3-2-4-8-18/h2-14H,15-16H2,1H3,(H,27,30). The molecule has 5 aromatic rings. The van der Waals surface area contributed by atoms with Gasteiger partial charge in [-0.25, -0.2) is 4.98 Å². The number of amides is 1. The molecule has 6 nitrogen and oxygen atoms in total. The van der Waals surface area contributed by atoms with Crippen molar-refractivity contribution < 1.29 is 9.21 Å². The molecule has 0 radical (unpaired) electrons. The summed E-state index contributed by atoms with van der Waals surface area (Å²) in [6.45, 7) is 2.43. The van der Waals surface area contributed by atoms with Crippen molar-refractivity contribution in [1.29, 1.82) is 0 Å². The van der Waals surface area contributed by atoms with Gasteiger partial charge >= 0.3 is 5.56 Å². The number of carbonyl (C=O) groups excluding carboxylic acids is 1. The summed E-state index contributed by atoms with van der Waals surface area (Å²) in [5, 5.41) is 4.14. The second-order valence-corrected chi connectivity index (χ2v) is 8.64. The van der Waals surface area contributed by atoms with Crippen molar-refractivity contribution in [3.63, 3.8) is 0 Å². The number of benzene rings is 3. The predicted octanol–water partition coefficient (Wildman–Crippen LogP) is 4.85. The molecular weight excluding hydrogens is 434 g/mol. The first kappa shape index (κ1) is 21.0. The highest BCUT2D eigenvalue weighted by molar-refractivity contribution is 7.99. The third-order valence-electron chi connectivity index (χ3n) is 5.32. The number of fused-ring (bicyclic) bond motifs is 3. The van der Waals surface area contributed by atoms with Crippen molar-refractivity contribution in [2.75, 3.05) is 5.75 Å². The van der Waals surface area contributed by atoms with Crippen LogP contribution in [0, 0.1) is 6.92 Å². The number of rotatable bonds is 6. The quantitative estimate of drug-likeness (QED) is 0.293. The summed E-state index contributed by atoms with van der Waals surface area (Å²) >= 11 is 1.23. The number of hydrogen-bond acceptors (Lipinski definition) is 5. The summed E-state index contributed by atoms with van der Waals surface area (Å²) in [6, 6.07) is 24.8. The van der Waals surface area contributed by atoms with Crippen LogP contribution in [-0.2, 0) is 11.3 Å². The molecule has 1 N–H and O–H groups in total. The van der Waals surface area contributed by atoms with E-state index in [-0.39, 0.29) is 22.8 Å². The Morgan fingerprint density at radius 1 is 1.00 bits per heavy atom. The van der Waals surface area contributed by atoms with E-state index in [1.54, 1.807) is 0 Å². The number of nitrogens with zero attached hydrogens (tertiary/aromatic N) is 2. The van der Waals surface area contributed by atoms with Crippen molar-refractivity contribution in [3.8, 4) is 5.69 Å². The van der Waals surface area contributed by atoms with Crippen molar-refractivity contribution in [2.24, 2.45) is 0 Å². The smallest absolute Gasteiger partial charge is 0.302 e. The maximum atomic E-state index is 13.5. The second kappa shape index (κ2) is 8.96. The van der Waals surface area contributed by atoms with E-state index in [0.29, 0.717) is 28.5 Å². The molecule has 2 heterocycles. The van der Waals surface area contributed by atoms with Crippen LogP contribution in [0.2, 0.25) is 0 Å². The van der Waals surface area contributed by atoms with Crippen LogP contribution in [0.25, 0.3) is 27.8 Å². The molecule has 0 saturated heterocycles. The molecule has 0 unspecified atom stereocenters. The molecule has 0 atom stereocenters. The molecule has 2 aromatic heterocycles. The fourth-order valence-corrected chi connectivity index (χ4v) is 4.45. The average Bonchev–Trinajstić information content (AvgIpc) is 3.22. The Hall–Kier alpha value is -3.84. The molecule has 0 aliphatic heterocycles. The van der Waals surface area contributed by atoms with Gasteiger partial charge in [-0.2, -0.15) is 0 Å². The summed E-state index contributed by atoms with van der Waals surface area (Å²) in [5.74, 6) is -0.00223. The van der Waals surface area contributed by atoms with Crippen LogP contribution in [0.3, 0.4) is 0 Å². The molecule has 33 heavy (non-hydrogen) atoms. The van der Waals surface area contributed by atoms with Gasteiger partial charge in [0.1, 0.15) is 11.1 Å². The second-order valence-electron chi connectivity index (χ2n) is 7.70. The molecule has 0 aliphatic carbocycles. The normalized spacial score (nSPS) is 11.2. The lowest BCUT2D eigenvalue weighted by Gasteiger charge is -2.12. The summed E-state index contributed by atoms with van der Waals surface area (Å²) < 4.78 is 7.37. The Kier molecular flexibility index (Phi) is 5.71. The van der Waals surface area contributed by atoms with Gasteiger partial charge in [0.15, 0.2) is 5.16 Å². The van der Waals surface area contributed by atoms with Crippen LogP contribution >= 0.6 is 11.8 Å². The SMILES string of the molecule is Cc1ccc(-n2c(SCC(=O)NCc3ccccc3)nc3c(oc4ccccc43)c2=O)cc1. The highest BCUT2D eigenvalue weighted by atomic mass is 32.2. The van der Waals surface area contributed by atoms with Crippen LogP contribution in [-0.4, -0.2) is 21.2 Å². The van der Waals surface area contributed by atoms with E-state index in [4.69, 9.17) is 9.40 Å². The maximum Gasteiger partial charge on any atom is 0.302 e. The topological polar surface area (TPSA) is 77.1 Å². The molecule has 3 aromatic carbocycles. The fourth-order valence-electron chi connectivity index (χ4n) is 3.62. The lowest BCUT2D eigenvalue weighted by atomic mass is 10.2. The molecule has 0 saturated carbocycles. The summed E-state index contributed by atoms with van der Waals surface area (Å²) in [7, 11) is 0. The van der Waals surface area contributed by atoms with Crippen LogP contribution in [0.15, 0.2) is 93.2 Å². The lowest BCUT2D eigenvalue weighted by molar-refractivity contribution is -0.118. The van der Waals surface area contributed by atoms with Crippen molar-refractivity contribution in [2.45, 2.75) is 18.6 Å². The number of carbonyl (C=O) groups is 1. The van der Waals surface area contributed by atoms with Crippen molar-refractivity contribution >= 4 is 39.7 Å². The van der Waals surface area contributed by atoms with E-state index in [1.165, 1.54) is 16.3 Å². The first-order valence-electron chi connectivity index (χ1n) is 10.5. The number of thioether (sulfide) groups is 1. The highest BCUT2D eigenvalue weighted by Gasteiger charge is 2.19. The fraction of sp³-hybridized carbons (Fsp3) is 0.115. The van der Waals surface area contributed by atoms with Gasteiger partial charge in [-0.05, 0) is 36.8 Å². The molecule has 5 rings (SSSR count). The zero-order valence-electron chi connectivity index (χ0n) is 17.9.